The van der Waals surface area contributed by atoms with Gasteiger partial charge >= 0.3 is 0 Å². The number of nitrogens with zero attached hydrogens (tertiary/aromatic N) is 1. The van der Waals surface area contributed by atoms with E-state index >= 15 is 0 Å². The van der Waals surface area contributed by atoms with Gasteiger partial charge in [0.05, 0.1) is 6.61 Å². The Morgan fingerprint density at radius 2 is 2.00 bits per heavy atom. The zero-order valence-corrected chi connectivity index (χ0v) is 13.1. The summed E-state index contributed by atoms with van der Waals surface area (Å²) in [5, 5.41) is 0.716. The highest BCUT2D eigenvalue weighted by Crippen LogP contribution is 2.29. The van der Waals surface area contributed by atoms with Gasteiger partial charge in [0.2, 0.25) is 0 Å². The maximum absolute atomic E-state index is 12.4. The number of benzene rings is 2. The molecule has 1 aliphatic rings. The van der Waals surface area contributed by atoms with Gasteiger partial charge < -0.3 is 9.64 Å². The zero-order chi connectivity index (χ0) is 15.4. The van der Waals surface area contributed by atoms with Crippen LogP contribution < -0.4 is 4.90 Å². The predicted octanol–water partition coefficient (Wildman–Crippen LogP) is 3.84. The van der Waals surface area contributed by atoms with Crippen LogP contribution in [0.15, 0.2) is 48.5 Å². The topological polar surface area (TPSA) is 29.5 Å². The monoisotopic (exact) mass is 315 g/mol. The van der Waals surface area contributed by atoms with Crippen molar-refractivity contribution in [3.63, 3.8) is 0 Å². The van der Waals surface area contributed by atoms with E-state index in [1.165, 1.54) is 0 Å². The van der Waals surface area contributed by atoms with Gasteiger partial charge in [-0.15, -0.1) is 0 Å². The fourth-order valence-electron chi connectivity index (χ4n) is 2.73. The molecular formula is C18H18ClNO2. The maximum atomic E-state index is 12.4. The lowest BCUT2D eigenvalue weighted by atomic mass is 10.0. The molecular weight excluding hydrogens is 298 g/mol. The largest absolute Gasteiger partial charge is 0.367 e. The van der Waals surface area contributed by atoms with E-state index in [2.05, 4.69) is 0 Å². The minimum absolute atomic E-state index is 0.000737. The Morgan fingerprint density at radius 1 is 1.18 bits per heavy atom. The molecule has 1 aliphatic heterocycles. The second-order valence-corrected chi connectivity index (χ2v) is 5.84. The second-order valence-electron chi connectivity index (χ2n) is 5.40. The molecule has 0 radical (unpaired) electrons. The van der Waals surface area contributed by atoms with Gasteiger partial charge in [0.15, 0.2) is 0 Å². The molecule has 1 amide bonds. The van der Waals surface area contributed by atoms with Crippen LogP contribution in [-0.4, -0.2) is 19.1 Å². The van der Waals surface area contributed by atoms with Crippen LogP contribution in [0.2, 0.25) is 5.02 Å². The van der Waals surface area contributed by atoms with Gasteiger partial charge in [-0.1, -0.05) is 41.9 Å². The van der Waals surface area contributed by atoms with E-state index in [9.17, 15) is 4.79 Å². The Kier molecular flexibility index (Phi) is 4.76. The van der Waals surface area contributed by atoms with E-state index in [0.29, 0.717) is 11.6 Å². The molecule has 1 heterocycles. The highest BCUT2D eigenvalue weighted by molar-refractivity contribution is 6.30. The minimum atomic E-state index is -0.000737. The van der Waals surface area contributed by atoms with Crippen molar-refractivity contribution >= 4 is 23.2 Å². The van der Waals surface area contributed by atoms with Crippen molar-refractivity contribution in [1.82, 2.24) is 0 Å². The standard InChI is InChI=1S/C18H18ClNO2/c19-16-8-9-17-15(11-16)7-4-10-20(17)18(21)13-22-12-14-5-2-1-3-6-14/h1-3,5-6,8-9,11H,4,7,10,12-13H2. The molecule has 22 heavy (non-hydrogen) atoms. The van der Waals surface area contributed by atoms with Gasteiger partial charge in [-0.3, -0.25) is 4.79 Å². The molecule has 0 saturated heterocycles. The first-order valence-electron chi connectivity index (χ1n) is 7.44. The third-order valence-electron chi connectivity index (χ3n) is 3.80. The number of rotatable bonds is 4. The van der Waals surface area contributed by atoms with Crippen molar-refractivity contribution in [2.24, 2.45) is 0 Å². The fraction of sp³-hybridized carbons (Fsp3) is 0.278. The molecule has 0 aliphatic carbocycles. The van der Waals surface area contributed by atoms with Gasteiger partial charge in [0.25, 0.3) is 5.91 Å². The molecule has 0 unspecified atom stereocenters. The van der Waals surface area contributed by atoms with Crippen LogP contribution in [0.5, 0.6) is 0 Å². The van der Waals surface area contributed by atoms with Crippen LogP contribution in [0.25, 0.3) is 0 Å². The van der Waals surface area contributed by atoms with Crippen LogP contribution in [-0.2, 0) is 22.6 Å². The number of anilines is 1. The Hall–Kier alpha value is -1.84. The summed E-state index contributed by atoms with van der Waals surface area (Å²) in [6, 6.07) is 15.6. The smallest absolute Gasteiger partial charge is 0.252 e. The number of hydrogen-bond acceptors (Lipinski definition) is 2. The third-order valence-corrected chi connectivity index (χ3v) is 4.03. The van der Waals surface area contributed by atoms with Crippen LogP contribution in [0.3, 0.4) is 0 Å². The van der Waals surface area contributed by atoms with Crippen LogP contribution >= 0.6 is 11.6 Å². The third kappa shape index (κ3) is 3.49. The quantitative estimate of drug-likeness (QED) is 0.858. The number of aryl methyl sites for hydroxylation is 1. The average molecular weight is 316 g/mol. The molecule has 0 spiro atoms. The van der Waals surface area contributed by atoms with E-state index < -0.39 is 0 Å². The molecule has 4 heteroatoms. The summed E-state index contributed by atoms with van der Waals surface area (Å²) in [5.41, 5.74) is 3.17. The van der Waals surface area contributed by atoms with Gasteiger partial charge in [-0.25, -0.2) is 0 Å². The average Bonchev–Trinajstić information content (AvgIpc) is 2.55. The zero-order valence-electron chi connectivity index (χ0n) is 12.3. The molecule has 0 atom stereocenters. The van der Waals surface area contributed by atoms with Crippen molar-refractivity contribution < 1.29 is 9.53 Å². The first-order chi connectivity index (χ1) is 10.7. The highest BCUT2D eigenvalue weighted by atomic mass is 35.5. The number of halogens is 1. The number of hydrogen-bond donors (Lipinski definition) is 0. The fourth-order valence-corrected chi connectivity index (χ4v) is 2.93. The summed E-state index contributed by atoms with van der Waals surface area (Å²) >= 11 is 6.03. The SMILES string of the molecule is O=C(COCc1ccccc1)N1CCCc2cc(Cl)ccc21. The van der Waals surface area contributed by atoms with E-state index in [0.717, 1.165) is 36.2 Å². The van der Waals surface area contributed by atoms with Crippen molar-refractivity contribution in [2.75, 3.05) is 18.1 Å². The highest BCUT2D eigenvalue weighted by Gasteiger charge is 2.22. The first kappa shape index (κ1) is 15.1. The van der Waals surface area contributed by atoms with E-state index in [1.807, 2.05) is 48.5 Å². The Balaban J connectivity index is 1.62. The molecule has 2 aromatic carbocycles. The lowest BCUT2D eigenvalue weighted by Crippen LogP contribution is -2.37. The maximum Gasteiger partial charge on any atom is 0.252 e. The molecule has 114 valence electrons. The van der Waals surface area contributed by atoms with Gasteiger partial charge in [-0.05, 0) is 42.2 Å². The Bertz CT molecular complexity index is 657. The number of ether oxygens (including phenoxy) is 1. The lowest BCUT2D eigenvalue weighted by Gasteiger charge is -2.29. The molecule has 3 rings (SSSR count). The first-order valence-corrected chi connectivity index (χ1v) is 7.82. The van der Waals surface area contributed by atoms with Crippen molar-refractivity contribution in [2.45, 2.75) is 19.4 Å². The number of amides is 1. The van der Waals surface area contributed by atoms with Crippen molar-refractivity contribution in [3.05, 3.63) is 64.7 Å². The molecule has 0 fully saturated rings. The summed E-state index contributed by atoms with van der Waals surface area (Å²) in [5.74, 6) is -0.000737. The van der Waals surface area contributed by atoms with Crippen LogP contribution in [0.1, 0.15) is 17.5 Å². The minimum Gasteiger partial charge on any atom is -0.367 e. The molecule has 0 aromatic heterocycles. The molecule has 3 nitrogen and oxygen atoms in total. The molecule has 0 N–H and O–H groups in total. The number of fused-ring (bicyclic) bond motifs is 1. The van der Waals surface area contributed by atoms with Crippen molar-refractivity contribution in [3.8, 4) is 0 Å². The summed E-state index contributed by atoms with van der Waals surface area (Å²) in [6.45, 7) is 1.28. The number of carbonyl (C=O) groups excluding carboxylic acids is 1. The summed E-state index contributed by atoms with van der Waals surface area (Å²) < 4.78 is 5.56. The normalized spacial score (nSPS) is 13.8. The van der Waals surface area contributed by atoms with E-state index in [1.54, 1.807) is 4.90 Å². The molecule has 0 saturated carbocycles. The Morgan fingerprint density at radius 3 is 2.82 bits per heavy atom. The van der Waals surface area contributed by atoms with Gasteiger partial charge in [-0.2, -0.15) is 0 Å². The molecule has 0 bridgehead atoms. The van der Waals surface area contributed by atoms with Gasteiger partial charge in [0, 0.05) is 17.3 Å². The summed E-state index contributed by atoms with van der Waals surface area (Å²) in [6.07, 6.45) is 1.92. The molecule has 2 aromatic rings. The number of carbonyl (C=O) groups is 1. The lowest BCUT2D eigenvalue weighted by molar-refractivity contribution is -0.123. The van der Waals surface area contributed by atoms with Crippen molar-refractivity contribution in [1.29, 1.82) is 0 Å². The summed E-state index contributed by atoms with van der Waals surface area (Å²) in [7, 11) is 0. The second kappa shape index (κ2) is 6.95. The Labute approximate surface area is 135 Å². The van der Waals surface area contributed by atoms with E-state index in [4.69, 9.17) is 16.3 Å². The van der Waals surface area contributed by atoms with Crippen LogP contribution in [0.4, 0.5) is 5.69 Å². The van der Waals surface area contributed by atoms with E-state index in [-0.39, 0.29) is 12.5 Å². The summed E-state index contributed by atoms with van der Waals surface area (Å²) in [4.78, 5) is 14.2. The van der Waals surface area contributed by atoms with Gasteiger partial charge in [0.1, 0.15) is 6.61 Å². The van der Waals surface area contributed by atoms with Crippen LogP contribution in [0, 0.1) is 0 Å². The predicted molar refractivity (Wildman–Crippen MR) is 88.2 cm³/mol.